The maximum atomic E-state index is 12.9. The summed E-state index contributed by atoms with van der Waals surface area (Å²) < 4.78 is 38.7. The summed E-state index contributed by atoms with van der Waals surface area (Å²) in [6, 6.07) is 4.18. The van der Waals surface area contributed by atoms with Crippen LogP contribution in [0.25, 0.3) is 0 Å². The summed E-state index contributed by atoms with van der Waals surface area (Å²) >= 11 is 0. The average molecular weight is 340 g/mol. The largest absolute Gasteiger partial charge is 0.477 e. The van der Waals surface area contributed by atoms with Crippen LogP contribution in [0, 0.1) is 11.3 Å². The Kier molecular flexibility index (Phi) is 4.20. The average Bonchev–Trinajstić information content (AvgIpc) is 2.90. The standard InChI is InChI=1S/C14H11F3N4O3/c1-13(5-10(11(22)23)20-21-13)12(24)19-8-3-2-7(6-18)9(4-8)14(15,16)17/h2-4,21H,5H2,1H3,(H,19,24)(H,22,23). The Morgan fingerprint density at radius 2 is 2.12 bits per heavy atom. The fraction of sp³-hybridized carbons (Fsp3) is 0.286. The molecule has 0 bridgehead atoms. The van der Waals surface area contributed by atoms with Gasteiger partial charge in [0.15, 0.2) is 0 Å². The molecule has 1 heterocycles. The van der Waals surface area contributed by atoms with Crippen LogP contribution in [0.1, 0.15) is 24.5 Å². The summed E-state index contributed by atoms with van der Waals surface area (Å²) in [7, 11) is 0. The molecule has 0 saturated carbocycles. The van der Waals surface area contributed by atoms with Gasteiger partial charge in [-0.1, -0.05) is 0 Å². The number of anilines is 1. The first-order valence-electron chi connectivity index (χ1n) is 6.56. The zero-order valence-electron chi connectivity index (χ0n) is 12.2. The van der Waals surface area contributed by atoms with Crippen LogP contribution in [0.2, 0.25) is 0 Å². The third-order valence-corrected chi connectivity index (χ3v) is 3.41. The van der Waals surface area contributed by atoms with Crippen molar-refractivity contribution in [1.29, 1.82) is 5.26 Å². The molecular formula is C14H11F3N4O3. The number of hydrazone groups is 1. The lowest BCUT2D eigenvalue weighted by atomic mass is 9.95. The molecule has 1 aromatic carbocycles. The maximum absolute atomic E-state index is 12.9. The first kappa shape index (κ1) is 17.3. The Hall–Kier alpha value is -3.09. The molecular weight excluding hydrogens is 329 g/mol. The van der Waals surface area contributed by atoms with Gasteiger partial charge in [-0.3, -0.25) is 10.2 Å². The van der Waals surface area contributed by atoms with E-state index in [-0.39, 0.29) is 17.8 Å². The molecule has 1 atom stereocenters. The number of alkyl halides is 3. The molecule has 0 aliphatic carbocycles. The fourth-order valence-electron chi connectivity index (χ4n) is 2.08. The number of carboxylic acids is 1. The van der Waals surface area contributed by atoms with Gasteiger partial charge >= 0.3 is 12.1 Å². The van der Waals surface area contributed by atoms with E-state index in [1.807, 2.05) is 0 Å². The number of hydrogen-bond donors (Lipinski definition) is 3. The minimum Gasteiger partial charge on any atom is -0.477 e. The van der Waals surface area contributed by atoms with Gasteiger partial charge in [0.1, 0.15) is 11.3 Å². The van der Waals surface area contributed by atoms with Crippen molar-refractivity contribution in [3.05, 3.63) is 29.3 Å². The van der Waals surface area contributed by atoms with Crippen LogP contribution >= 0.6 is 0 Å². The van der Waals surface area contributed by atoms with Crippen LogP contribution in [0.4, 0.5) is 18.9 Å². The Bertz CT molecular complexity index is 782. The van der Waals surface area contributed by atoms with Gasteiger partial charge in [0.25, 0.3) is 5.91 Å². The first-order chi connectivity index (χ1) is 11.1. The highest BCUT2D eigenvalue weighted by Gasteiger charge is 2.41. The molecule has 0 fully saturated rings. The molecule has 0 aromatic heterocycles. The summed E-state index contributed by atoms with van der Waals surface area (Å²) in [5, 5.41) is 23.4. The Labute approximate surface area is 133 Å². The summed E-state index contributed by atoms with van der Waals surface area (Å²) in [5.41, 5.74) is -1.20. The number of nitrogens with zero attached hydrogens (tertiary/aromatic N) is 2. The van der Waals surface area contributed by atoms with E-state index in [0.29, 0.717) is 6.07 Å². The van der Waals surface area contributed by atoms with Crippen LogP contribution in [0.5, 0.6) is 0 Å². The van der Waals surface area contributed by atoms with E-state index in [4.69, 9.17) is 10.4 Å². The number of amides is 1. The molecule has 2 rings (SSSR count). The lowest BCUT2D eigenvalue weighted by molar-refractivity contribution is -0.137. The molecule has 24 heavy (non-hydrogen) atoms. The van der Waals surface area contributed by atoms with Crippen molar-refractivity contribution in [1.82, 2.24) is 5.43 Å². The van der Waals surface area contributed by atoms with Crippen molar-refractivity contribution in [2.24, 2.45) is 5.10 Å². The lowest BCUT2D eigenvalue weighted by Crippen LogP contribution is -2.48. The molecule has 1 aliphatic heterocycles. The molecule has 3 N–H and O–H groups in total. The summed E-state index contributed by atoms with van der Waals surface area (Å²) in [6.45, 7) is 1.37. The number of benzene rings is 1. The van der Waals surface area contributed by atoms with Gasteiger partial charge in [-0.15, -0.1) is 0 Å². The molecule has 1 aromatic rings. The summed E-state index contributed by atoms with van der Waals surface area (Å²) in [6.07, 6.45) is -4.97. The predicted octanol–water partition coefficient (Wildman–Crippen LogP) is 1.71. The molecule has 1 amide bonds. The molecule has 1 unspecified atom stereocenters. The van der Waals surface area contributed by atoms with Crippen LogP contribution in [-0.2, 0) is 15.8 Å². The van der Waals surface area contributed by atoms with Crippen molar-refractivity contribution < 1.29 is 27.9 Å². The van der Waals surface area contributed by atoms with Crippen molar-refractivity contribution in [2.75, 3.05) is 5.32 Å². The molecule has 1 aliphatic rings. The number of aliphatic carboxylic acids is 1. The van der Waals surface area contributed by atoms with Crippen molar-refractivity contribution in [2.45, 2.75) is 25.1 Å². The molecule has 126 valence electrons. The van der Waals surface area contributed by atoms with Gasteiger partial charge in [-0.05, 0) is 25.1 Å². The van der Waals surface area contributed by atoms with Gasteiger partial charge in [0.05, 0.1) is 17.2 Å². The number of carboxylic acid groups (broad SMARTS) is 1. The van der Waals surface area contributed by atoms with Crippen LogP contribution in [0.15, 0.2) is 23.3 Å². The minimum atomic E-state index is -4.75. The zero-order chi connectivity index (χ0) is 18.1. The van der Waals surface area contributed by atoms with Gasteiger partial charge in [0.2, 0.25) is 0 Å². The predicted molar refractivity (Wildman–Crippen MR) is 76.0 cm³/mol. The Morgan fingerprint density at radius 1 is 1.46 bits per heavy atom. The Balaban J connectivity index is 2.22. The quantitative estimate of drug-likeness (QED) is 0.775. The number of carbonyl (C=O) groups is 2. The normalized spacial score (nSPS) is 19.9. The van der Waals surface area contributed by atoms with Gasteiger partial charge in [-0.2, -0.15) is 23.5 Å². The SMILES string of the molecule is CC1(C(=O)Nc2ccc(C#N)c(C(F)(F)F)c2)CC(C(=O)O)=NN1. The van der Waals surface area contributed by atoms with E-state index < -0.39 is 34.7 Å². The molecule has 0 radical (unpaired) electrons. The zero-order valence-corrected chi connectivity index (χ0v) is 12.2. The van der Waals surface area contributed by atoms with Crippen molar-refractivity contribution in [3.8, 4) is 6.07 Å². The van der Waals surface area contributed by atoms with E-state index in [1.54, 1.807) is 0 Å². The number of halogens is 3. The number of rotatable bonds is 3. The minimum absolute atomic E-state index is 0.168. The van der Waals surface area contributed by atoms with Crippen LogP contribution in [-0.4, -0.2) is 28.2 Å². The number of nitrogens with one attached hydrogen (secondary N) is 2. The maximum Gasteiger partial charge on any atom is 0.417 e. The van der Waals surface area contributed by atoms with Crippen LogP contribution < -0.4 is 10.7 Å². The monoisotopic (exact) mass is 340 g/mol. The Morgan fingerprint density at radius 3 is 2.62 bits per heavy atom. The van der Waals surface area contributed by atoms with E-state index in [9.17, 15) is 22.8 Å². The summed E-state index contributed by atoms with van der Waals surface area (Å²) in [4.78, 5) is 23.1. The van der Waals surface area contributed by atoms with Gasteiger partial charge < -0.3 is 10.4 Å². The highest BCUT2D eigenvalue weighted by Crippen LogP contribution is 2.33. The third kappa shape index (κ3) is 3.29. The third-order valence-electron chi connectivity index (χ3n) is 3.41. The molecule has 10 heteroatoms. The summed E-state index contributed by atoms with van der Waals surface area (Å²) in [5.74, 6) is -2.04. The smallest absolute Gasteiger partial charge is 0.417 e. The first-order valence-corrected chi connectivity index (χ1v) is 6.56. The van der Waals surface area contributed by atoms with E-state index in [1.165, 1.54) is 13.0 Å². The number of carbonyl (C=O) groups excluding carboxylic acids is 1. The highest BCUT2D eigenvalue weighted by atomic mass is 19.4. The van der Waals surface area contributed by atoms with Gasteiger partial charge in [0, 0.05) is 12.1 Å². The van der Waals surface area contributed by atoms with E-state index in [2.05, 4.69) is 15.8 Å². The second kappa shape index (κ2) is 5.84. The molecule has 0 saturated heterocycles. The second-order valence-electron chi connectivity index (χ2n) is 5.31. The number of hydrogen-bond acceptors (Lipinski definition) is 5. The fourth-order valence-corrected chi connectivity index (χ4v) is 2.08. The second-order valence-corrected chi connectivity index (χ2v) is 5.31. The number of nitriles is 1. The van der Waals surface area contributed by atoms with Crippen LogP contribution in [0.3, 0.4) is 0 Å². The molecule has 7 nitrogen and oxygen atoms in total. The van der Waals surface area contributed by atoms with E-state index >= 15 is 0 Å². The van der Waals surface area contributed by atoms with Crippen molar-refractivity contribution in [3.63, 3.8) is 0 Å². The van der Waals surface area contributed by atoms with E-state index in [0.717, 1.165) is 12.1 Å². The topological polar surface area (TPSA) is 115 Å². The lowest BCUT2D eigenvalue weighted by Gasteiger charge is -2.22. The van der Waals surface area contributed by atoms with Crippen molar-refractivity contribution >= 4 is 23.3 Å². The van der Waals surface area contributed by atoms with Gasteiger partial charge in [-0.25, -0.2) is 4.79 Å². The highest BCUT2D eigenvalue weighted by molar-refractivity contribution is 6.37. The molecule has 0 spiro atoms.